The van der Waals surface area contributed by atoms with Gasteiger partial charge in [0, 0.05) is 35.7 Å². The molecule has 0 bridgehead atoms. The van der Waals surface area contributed by atoms with Crippen molar-refractivity contribution in [3.63, 3.8) is 0 Å². The summed E-state index contributed by atoms with van der Waals surface area (Å²) in [6.07, 6.45) is 1.28. The lowest BCUT2D eigenvalue weighted by molar-refractivity contribution is 0.307. The van der Waals surface area contributed by atoms with E-state index in [1.165, 1.54) is 4.31 Å². The van der Waals surface area contributed by atoms with Crippen LogP contribution in [0.1, 0.15) is 35.0 Å². The fraction of sp³-hybridized carbons (Fsp3) is 0.292. The zero-order valence-corrected chi connectivity index (χ0v) is 20.2. The van der Waals surface area contributed by atoms with E-state index in [0.29, 0.717) is 38.3 Å². The number of hydrogen-bond donors (Lipinski definition) is 1. The number of pyridine rings is 1. The van der Waals surface area contributed by atoms with Gasteiger partial charge in [0.25, 0.3) is 0 Å². The average molecular weight is 497 g/mol. The smallest absolute Gasteiger partial charge is 0.322 e. The van der Waals surface area contributed by atoms with Gasteiger partial charge in [-0.2, -0.15) is 9.40 Å². The number of H-pyrrole nitrogens is 1. The summed E-state index contributed by atoms with van der Waals surface area (Å²) in [6.45, 7) is 3.11. The Morgan fingerprint density at radius 1 is 1.12 bits per heavy atom. The topological polar surface area (TPSA) is 105 Å². The van der Waals surface area contributed by atoms with Crippen LogP contribution >= 0.6 is 11.3 Å². The molecule has 0 atom stereocenters. The summed E-state index contributed by atoms with van der Waals surface area (Å²) < 4.78 is 33.7. The zero-order chi connectivity index (χ0) is 23.7. The molecule has 10 heteroatoms. The van der Waals surface area contributed by atoms with E-state index >= 15 is 0 Å². The first-order valence-corrected chi connectivity index (χ1v) is 13.3. The van der Waals surface area contributed by atoms with Gasteiger partial charge in [0.05, 0.1) is 10.4 Å². The lowest BCUT2D eigenvalue weighted by atomic mass is 9.99. The third-order valence-corrected chi connectivity index (χ3v) is 8.87. The third kappa shape index (κ3) is 4.61. The summed E-state index contributed by atoms with van der Waals surface area (Å²) in [5.41, 5.74) is 2.88. The molecule has 0 amide bonds. The minimum atomic E-state index is -3.60. The number of aromatic nitrogens is 3. The molecular formula is C24H24N4O4S2. The van der Waals surface area contributed by atoms with Crippen LogP contribution in [0.3, 0.4) is 0 Å². The fourth-order valence-corrected chi connectivity index (χ4v) is 6.54. The molecule has 0 unspecified atom stereocenters. The van der Waals surface area contributed by atoms with Crippen molar-refractivity contribution in [2.75, 3.05) is 13.1 Å². The normalized spacial score (nSPS) is 15.6. The predicted molar refractivity (Wildman–Crippen MR) is 131 cm³/mol. The van der Waals surface area contributed by atoms with E-state index in [9.17, 15) is 13.2 Å². The average Bonchev–Trinajstić information content (AvgIpc) is 3.29. The summed E-state index contributed by atoms with van der Waals surface area (Å²) in [5, 5.41) is 8.28. The predicted octanol–water partition coefficient (Wildman–Crippen LogP) is 3.84. The molecule has 1 N–H and O–H groups in total. The highest BCUT2D eigenvalue weighted by Gasteiger charge is 2.31. The van der Waals surface area contributed by atoms with Crippen molar-refractivity contribution in [1.82, 2.24) is 19.5 Å². The highest BCUT2D eigenvalue weighted by molar-refractivity contribution is 7.89. The van der Waals surface area contributed by atoms with Crippen LogP contribution in [0.4, 0.5) is 0 Å². The Balaban J connectivity index is 1.25. The number of aromatic amines is 1. The number of hydrogen-bond acceptors (Lipinski definition) is 7. The Morgan fingerprint density at radius 3 is 2.56 bits per heavy atom. The van der Waals surface area contributed by atoms with E-state index in [1.54, 1.807) is 24.3 Å². The molecule has 1 aliphatic rings. The van der Waals surface area contributed by atoms with Crippen molar-refractivity contribution in [2.45, 2.75) is 37.2 Å². The van der Waals surface area contributed by atoms with Crippen LogP contribution in [0.5, 0.6) is 5.75 Å². The van der Waals surface area contributed by atoms with Gasteiger partial charge in [-0.05, 0) is 56.2 Å². The van der Waals surface area contributed by atoms with E-state index < -0.39 is 10.0 Å². The van der Waals surface area contributed by atoms with Gasteiger partial charge in [0.15, 0.2) is 0 Å². The Morgan fingerprint density at radius 2 is 1.85 bits per heavy atom. The lowest BCUT2D eigenvalue weighted by Crippen LogP contribution is -2.37. The van der Waals surface area contributed by atoms with Crippen LogP contribution in [-0.2, 0) is 16.6 Å². The second-order valence-corrected chi connectivity index (χ2v) is 11.3. The monoisotopic (exact) mass is 496 g/mol. The van der Waals surface area contributed by atoms with Crippen molar-refractivity contribution < 1.29 is 13.2 Å². The maximum absolute atomic E-state index is 13.1. The highest BCUT2D eigenvalue weighted by atomic mass is 32.2. The molecule has 1 saturated heterocycles. The van der Waals surface area contributed by atoms with Crippen molar-refractivity contribution in [2.24, 2.45) is 0 Å². The Kier molecular flexibility index (Phi) is 6.20. The van der Waals surface area contributed by atoms with E-state index in [-0.39, 0.29) is 15.7 Å². The van der Waals surface area contributed by atoms with E-state index in [4.69, 9.17) is 4.74 Å². The third-order valence-electron chi connectivity index (χ3n) is 6.04. The fourth-order valence-electron chi connectivity index (χ4n) is 4.29. The first kappa shape index (κ1) is 22.7. The second-order valence-electron chi connectivity index (χ2n) is 8.33. The minimum Gasteiger partial charge on any atom is -0.489 e. The zero-order valence-electron chi connectivity index (χ0n) is 18.6. The molecule has 4 aromatic rings. The lowest BCUT2D eigenvalue weighted by Gasteiger charge is -2.30. The van der Waals surface area contributed by atoms with Crippen LogP contribution < -0.4 is 9.61 Å². The maximum atomic E-state index is 13.1. The van der Waals surface area contributed by atoms with E-state index in [2.05, 4.69) is 15.2 Å². The number of fused-ring (bicyclic) bond motifs is 1. The van der Waals surface area contributed by atoms with Crippen molar-refractivity contribution in [3.05, 3.63) is 80.5 Å². The maximum Gasteiger partial charge on any atom is 0.322 e. The summed E-state index contributed by atoms with van der Waals surface area (Å²) in [5.74, 6) is 0.712. The SMILES string of the molecule is Cc1cc(COc2ccc(S(=O)(=O)N3CCC(c4n[nH]c(=O)s4)CC3)cc2)c2ccccc2n1. The Hall–Kier alpha value is -3.08. The molecule has 2 aromatic carbocycles. The molecule has 1 aliphatic heterocycles. The number of ether oxygens (including phenoxy) is 1. The van der Waals surface area contributed by atoms with Gasteiger partial charge < -0.3 is 4.74 Å². The standard InChI is InChI=1S/C24H24N4O4S2/c1-16-14-18(21-4-2-3-5-22(21)25-16)15-32-19-6-8-20(9-7-19)34(30,31)28-12-10-17(11-13-28)23-26-27-24(29)33-23/h2-9,14,17H,10-13,15H2,1H3,(H,27,29). The van der Waals surface area contributed by atoms with Crippen LogP contribution in [0.25, 0.3) is 10.9 Å². The molecule has 5 rings (SSSR count). The second kappa shape index (κ2) is 9.28. The van der Waals surface area contributed by atoms with Gasteiger partial charge in [0.1, 0.15) is 17.4 Å². The highest BCUT2D eigenvalue weighted by Crippen LogP contribution is 2.31. The number of sulfonamides is 1. The number of benzene rings is 2. The summed E-state index contributed by atoms with van der Waals surface area (Å²) in [4.78, 5) is 16.0. The molecule has 0 spiro atoms. The van der Waals surface area contributed by atoms with Gasteiger partial charge in [-0.15, -0.1) is 0 Å². The Bertz CT molecular complexity index is 1470. The molecule has 1 fully saturated rings. The molecule has 176 valence electrons. The minimum absolute atomic E-state index is 0.110. The number of rotatable bonds is 6. The molecule has 2 aromatic heterocycles. The molecule has 0 aliphatic carbocycles. The Labute approximate surface area is 201 Å². The summed E-state index contributed by atoms with van der Waals surface area (Å²) in [7, 11) is -3.60. The largest absolute Gasteiger partial charge is 0.489 e. The van der Waals surface area contributed by atoms with Crippen LogP contribution in [0.15, 0.2) is 64.3 Å². The van der Waals surface area contributed by atoms with Crippen LogP contribution in [0, 0.1) is 6.92 Å². The number of nitrogens with zero attached hydrogens (tertiary/aromatic N) is 3. The number of nitrogens with one attached hydrogen (secondary N) is 1. The van der Waals surface area contributed by atoms with Crippen LogP contribution in [-0.4, -0.2) is 41.0 Å². The van der Waals surface area contributed by atoms with Crippen molar-refractivity contribution in [1.29, 1.82) is 0 Å². The van der Waals surface area contributed by atoms with Gasteiger partial charge in [-0.25, -0.2) is 13.5 Å². The van der Waals surface area contributed by atoms with Gasteiger partial charge in [-0.1, -0.05) is 29.5 Å². The number of piperidine rings is 1. The molecule has 8 nitrogen and oxygen atoms in total. The molecule has 3 heterocycles. The van der Waals surface area contributed by atoms with Crippen molar-refractivity contribution in [3.8, 4) is 5.75 Å². The van der Waals surface area contributed by atoms with Gasteiger partial charge in [0.2, 0.25) is 10.0 Å². The first-order valence-electron chi connectivity index (χ1n) is 11.0. The number of para-hydroxylation sites is 1. The summed E-state index contributed by atoms with van der Waals surface area (Å²) >= 11 is 1.10. The van der Waals surface area contributed by atoms with Crippen molar-refractivity contribution >= 4 is 32.3 Å². The molecular weight excluding hydrogens is 472 g/mol. The van der Waals surface area contributed by atoms with Gasteiger partial charge in [-0.3, -0.25) is 9.78 Å². The quantitative estimate of drug-likeness (QED) is 0.435. The van der Waals surface area contributed by atoms with Gasteiger partial charge >= 0.3 is 4.87 Å². The number of aryl methyl sites for hydroxylation is 1. The van der Waals surface area contributed by atoms with E-state index in [1.807, 2.05) is 37.3 Å². The molecule has 34 heavy (non-hydrogen) atoms. The van der Waals surface area contributed by atoms with Crippen LogP contribution in [0.2, 0.25) is 0 Å². The summed E-state index contributed by atoms with van der Waals surface area (Å²) in [6, 6.07) is 16.5. The molecule has 0 saturated carbocycles. The first-order chi connectivity index (χ1) is 16.4. The molecule has 0 radical (unpaired) electrons. The van der Waals surface area contributed by atoms with E-state index in [0.717, 1.165) is 38.5 Å².